The molecule has 4 rings (SSSR count). The van der Waals surface area contributed by atoms with Crippen molar-refractivity contribution in [1.82, 2.24) is 9.88 Å². The molecule has 1 amide bonds. The van der Waals surface area contributed by atoms with Crippen molar-refractivity contribution in [2.75, 3.05) is 18.8 Å². The zero-order valence-corrected chi connectivity index (χ0v) is 12.6. The molecule has 2 aromatic heterocycles. The molecule has 0 saturated carbocycles. The second-order valence-electron chi connectivity index (χ2n) is 5.66. The van der Waals surface area contributed by atoms with E-state index in [0.717, 1.165) is 36.0 Å². The quantitative estimate of drug-likeness (QED) is 0.824. The first kappa shape index (κ1) is 12.8. The maximum absolute atomic E-state index is 12.6. The molecule has 5 heteroatoms. The minimum absolute atomic E-state index is 0.0417. The van der Waals surface area contributed by atoms with Crippen molar-refractivity contribution in [3.8, 4) is 0 Å². The predicted octanol–water partition coefficient (Wildman–Crippen LogP) is 2.77. The third-order valence-electron chi connectivity index (χ3n) is 4.29. The number of nitrogens with zero attached hydrogens (tertiary/aromatic N) is 2. The lowest BCUT2D eigenvalue weighted by atomic mass is 10.1. The predicted molar refractivity (Wildman–Crippen MR) is 85.7 cm³/mol. The fourth-order valence-corrected chi connectivity index (χ4v) is 4.19. The summed E-state index contributed by atoms with van der Waals surface area (Å²) in [6.07, 6.45) is 8.37. The Morgan fingerprint density at radius 3 is 3.05 bits per heavy atom. The van der Waals surface area contributed by atoms with Crippen LogP contribution in [-0.2, 0) is 12.8 Å². The van der Waals surface area contributed by atoms with Gasteiger partial charge in [0, 0.05) is 24.2 Å². The summed E-state index contributed by atoms with van der Waals surface area (Å²) in [6.45, 7) is 1.45. The van der Waals surface area contributed by atoms with Gasteiger partial charge in [0.25, 0.3) is 5.91 Å². The van der Waals surface area contributed by atoms with Crippen LogP contribution in [0.25, 0.3) is 10.2 Å². The molecular weight excluding hydrogens is 282 g/mol. The van der Waals surface area contributed by atoms with Crippen molar-refractivity contribution >= 4 is 33.1 Å². The number of fused-ring (bicyclic) bond motifs is 2. The van der Waals surface area contributed by atoms with Crippen molar-refractivity contribution in [1.29, 1.82) is 0 Å². The van der Waals surface area contributed by atoms with Gasteiger partial charge >= 0.3 is 0 Å². The highest BCUT2D eigenvalue weighted by Gasteiger charge is 2.24. The van der Waals surface area contributed by atoms with Gasteiger partial charge in [-0.05, 0) is 37.3 Å². The number of hydrogen-bond acceptors (Lipinski definition) is 4. The highest BCUT2D eigenvalue weighted by molar-refractivity contribution is 7.21. The average Bonchev–Trinajstić information content (AvgIpc) is 3.10. The van der Waals surface area contributed by atoms with Crippen LogP contribution in [0.15, 0.2) is 18.2 Å². The number of pyridine rings is 1. The van der Waals surface area contributed by atoms with E-state index in [0.29, 0.717) is 17.1 Å². The number of rotatable bonds is 1. The highest BCUT2D eigenvalue weighted by Crippen LogP contribution is 2.36. The molecule has 1 aliphatic heterocycles. The van der Waals surface area contributed by atoms with E-state index in [2.05, 4.69) is 12.1 Å². The molecule has 0 spiro atoms. The van der Waals surface area contributed by atoms with E-state index in [-0.39, 0.29) is 5.91 Å². The third-order valence-corrected chi connectivity index (χ3v) is 5.39. The van der Waals surface area contributed by atoms with Gasteiger partial charge in [-0.3, -0.25) is 4.79 Å². The van der Waals surface area contributed by atoms with E-state index in [1.165, 1.54) is 29.0 Å². The summed E-state index contributed by atoms with van der Waals surface area (Å²) in [5.41, 5.74) is 9.34. The SMILES string of the molecule is Nc1c(C(=O)N2CC=CCC2)sc2nc3c(cc12)CCC3. The lowest BCUT2D eigenvalue weighted by Gasteiger charge is -2.22. The number of amides is 1. The molecule has 0 radical (unpaired) electrons. The molecule has 0 fully saturated rings. The first-order chi connectivity index (χ1) is 10.2. The molecule has 2 N–H and O–H groups in total. The normalized spacial score (nSPS) is 17.4. The van der Waals surface area contributed by atoms with Gasteiger partial charge in [-0.2, -0.15) is 0 Å². The van der Waals surface area contributed by atoms with Crippen LogP contribution in [0.4, 0.5) is 5.69 Å². The largest absolute Gasteiger partial charge is 0.397 e. The first-order valence-electron chi connectivity index (χ1n) is 7.39. The number of hydrogen-bond donors (Lipinski definition) is 1. The van der Waals surface area contributed by atoms with Crippen molar-refractivity contribution in [2.45, 2.75) is 25.7 Å². The Bertz CT molecular complexity index is 762. The first-order valence-corrected chi connectivity index (χ1v) is 8.21. The van der Waals surface area contributed by atoms with E-state index in [1.54, 1.807) is 0 Å². The Morgan fingerprint density at radius 2 is 2.24 bits per heavy atom. The van der Waals surface area contributed by atoms with Crippen molar-refractivity contribution in [2.24, 2.45) is 0 Å². The molecule has 4 nitrogen and oxygen atoms in total. The van der Waals surface area contributed by atoms with Gasteiger partial charge in [-0.25, -0.2) is 4.98 Å². The summed E-state index contributed by atoms with van der Waals surface area (Å²) >= 11 is 1.44. The molecule has 0 bridgehead atoms. The van der Waals surface area contributed by atoms with Crippen LogP contribution < -0.4 is 5.73 Å². The molecule has 21 heavy (non-hydrogen) atoms. The van der Waals surface area contributed by atoms with Gasteiger partial charge < -0.3 is 10.6 Å². The minimum atomic E-state index is 0.0417. The van der Waals surface area contributed by atoms with E-state index in [9.17, 15) is 4.79 Å². The van der Waals surface area contributed by atoms with E-state index < -0.39 is 0 Å². The molecule has 3 heterocycles. The maximum Gasteiger partial charge on any atom is 0.266 e. The summed E-state index contributed by atoms with van der Waals surface area (Å²) < 4.78 is 0. The minimum Gasteiger partial charge on any atom is -0.397 e. The Balaban J connectivity index is 1.77. The Hall–Kier alpha value is -1.88. The second-order valence-corrected chi connectivity index (χ2v) is 6.66. The number of aromatic nitrogens is 1. The second kappa shape index (κ2) is 4.84. The van der Waals surface area contributed by atoms with Gasteiger partial charge in [0.15, 0.2) is 0 Å². The lowest BCUT2D eigenvalue weighted by Crippen LogP contribution is -2.33. The topological polar surface area (TPSA) is 59.2 Å². The molecule has 0 atom stereocenters. The van der Waals surface area contributed by atoms with Crippen LogP contribution in [0.1, 0.15) is 33.8 Å². The van der Waals surface area contributed by atoms with E-state index in [1.807, 2.05) is 11.0 Å². The summed E-state index contributed by atoms with van der Waals surface area (Å²) in [5.74, 6) is 0.0417. The van der Waals surface area contributed by atoms with Gasteiger partial charge in [0.2, 0.25) is 0 Å². The number of nitrogens with two attached hydrogens (primary N) is 1. The number of carbonyl (C=O) groups excluding carboxylic acids is 1. The average molecular weight is 299 g/mol. The molecule has 2 aromatic rings. The number of carbonyl (C=O) groups is 1. The maximum atomic E-state index is 12.6. The summed E-state index contributed by atoms with van der Waals surface area (Å²) in [7, 11) is 0. The summed E-state index contributed by atoms with van der Waals surface area (Å²) in [4.78, 5) is 20.8. The monoisotopic (exact) mass is 299 g/mol. The van der Waals surface area contributed by atoms with Crippen molar-refractivity contribution < 1.29 is 4.79 Å². The standard InChI is InChI=1S/C16H17N3OS/c17-13-11-9-10-5-4-6-12(10)18-15(11)21-14(13)16(20)19-7-2-1-3-8-19/h1-2,9H,3-8,17H2. The smallest absolute Gasteiger partial charge is 0.266 e. The van der Waals surface area contributed by atoms with Gasteiger partial charge in [-0.15, -0.1) is 11.3 Å². The zero-order valence-electron chi connectivity index (χ0n) is 11.8. The molecular formula is C16H17N3OS. The summed E-state index contributed by atoms with van der Waals surface area (Å²) in [6, 6.07) is 2.14. The third kappa shape index (κ3) is 2.03. The molecule has 1 aliphatic carbocycles. The van der Waals surface area contributed by atoms with Crippen molar-refractivity contribution in [3.05, 3.63) is 34.4 Å². The number of anilines is 1. The highest BCUT2D eigenvalue weighted by atomic mass is 32.1. The van der Waals surface area contributed by atoms with Crippen LogP contribution in [0.2, 0.25) is 0 Å². The van der Waals surface area contributed by atoms with Crippen LogP contribution >= 0.6 is 11.3 Å². The Labute approximate surface area is 127 Å². The molecule has 108 valence electrons. The van der Waals surface area contributed by atoms with Crippen LogP contribution in [0.5, 0.6) is 0 Å². The lowest BCUT2D eigenvalue weighted by molar-refractivity contribution is 0.0777. The van der Waals surface area contributed by atoms with Crippen LogP contribution in [0, 0.1) is 0 Å². The zero-order chi connectivity index (χ0) is 14.4. The molecule has 2 aliphatic rings. The fraction of sp³-hybridized carbons (Fsp3) is 0.375. The molecule has 0 aromatic carbocycles. The van der Waals surface area contributed by atoms with E-state index in [4.69, 9.17) is 10.7 Å². The van der Waals surface area contributed by atoms with Crippen LogP contribution in [0.3, 0.4) is 0 Å². The van der Waals surface area contributed by atoms with Crippen LogP contribution in [-0.4, -0.2) is 28.9 Å². The van der Waals surface area contributed by atoms with Gasteiger partial charge in [0.1, 0.15) is 9.71 Å². The van der Waals surface area contributed by atoms with E-state index >= 15 is 0 Å². The fourth-order valence-electron chi connectivity index (χ4n) is 3.13. The Morgan fingerprint density at radius 1 is 1.33 bits per heavy atom. The molecule has 0 unspecified atom stereocenters. The van der Waals surface area contributed by atoms with Gasteiger partial charge in [-0.1, -0.05) is 12.2 Å². The van der Waals surface area contributed by atoms with Gasteiger partial charge in [0.05, 0.1) is 5.69 Å². The summed E-state index contributed by atoms with van der Waals surface area (Å²) in [5, 5.41) is 0.955. The number of thiophene rings is 1. The Kier molecular flexibility index (Phi) is 2.96. The molecule has 0 saturated heterocycles. The number of nitrogen functional groups attached to an aromatic ring is 1. The van der Waals surface area contributed by atoms with Crippen molar-refractivity contribution in [3.63, 3.8) is 0 Å². The number of aryl methyl sites for hydroxylation is 2.